The van der Waals surface area contributed by atoms with Crippen molar-refractivity contribution in [1.29, 1.82) is 0 Å². The fourth-order valence-electron chi connectivity index (χ4n) is 2.75. The van der Waals surface area contributed by atoms with Crippen LogP contribution in [-0.4, -0.2) is 46.4 Å². The van der Waals surface area contributed by atoms with E-state index in [9.17, 15) is 19.7 Å². The number of halogens is 1. The number of benzene rings is 2. The summed E-state index contributed by atoms with van der Waals surface area (Å²) in [6.07, 6.45) is 0. The third-order valence-electron chi connectivity index (χ3n) is 4.19. The molecular weight excluding hydrogens is 406 g/mol. The zero-order valence-corrected chi connectivity index (χ0v) is 16.3. The van der Waals surface area contributed by atoms with Crippen molar-refractivity contribution in [1.82, 2.24) is 4.90 Å². The van der Waals surface area contributed by atoms with Crippen molar-refractivity contribution in [3.05, 3.63) is 63.2 Å². The molecule has 1 saturated heterocycles. The van der Waals surface area contributed by atoms with Gasteiger partial charge in [0, 0.05) is 22.5 Å². The minimum atomic E-state index is -0.741. The number of carbonyl (C=O) groups excluding carboxylic acids is 2. The Hall–Kier alpha value is -2.78. The number of rotatable bonds is 5. The number of hydrogen-bond donors (Lipinski definition) is 1. The van der Waals surface area contributed by atoms with Gasteiger partial charge in [-0.1, -0.05) is 11.6 Å². The summed E-state index contributed by atoms with van der Waals surface area (Å²) in [6, 6.07) is 9.91. The summed E-state index contributed by atoms with van der Waals surface area (Å²) in [7, 11) is 1.54. The minimum Gasteiger partial charge on any atom is -0.497 e. The van der Waals surface area contributed by atoms with Crippen LogP contribution in [0.1, 0.15) is 10.4 Å². The highest BCUT2D eigenvalue weighted by Gasteiger charge is 2.37. The molecule has 146 valence electrons. The van der Waals surface area contributed by atoms with E-state index in [0.29, 0.717) is 17.2 Å². The van der Waals surface area contributed by atoms with E-state index in [4.69, 9.17) is 16.3 Å². The van der Waals surface area contributed by atoms with Crippen LogP contribution in [0.25, 0.3) is 0 Å². The van der Waals surface area contributed by atoms with E-state index in [1.54, 1.807) is 31.4 Å². The summed E-state index contributed by atoms with van der Waals surface area (Å²) >= 11 is 7.21. The lowest BCUT2D eigenvalue weighted by molar-refractivity contribution is -0.385. The number of thioether (sulfide) groups is 1. The van der Waals surface area contributed by atoms with Gasteiger partial charge in [-0.05, 0) is 36.4 Å². The average molecular weight is 422 g/mol. The zero-order valence-electron chi connectivity index (χ0n) is 14.8. The summed E-state index contributed by atoms with van der Waals surface area (Å²) in [5.74, 6) is 0.374. The Morgan fingerprint density at radius 3 is 2.64 bits per heavy atom. The minimum absolute atomic E-state index is 0.0980. The summed E-state index contributed by atoms with van der Waals surface area (Å²) in [5, 5.41) is 14.2. The first-order valence-corrected chi connectivity index (χ1v) is 9.71. The van der Waals surface area contributed by atoms with Crippen LogP contribution in [-0.2, 0) is 4.79 Å². The predicted molar refractivity (Wildman–Crippen MR) is 107 cm³/mol. The van der Waals surface area contributed by atoms with Crippen LogP contribution in [0.15, 0.2) is 42.5 Å². The standard InChI is InChI=1S/C18H16ClN3O5S/c1-27-13-5-3-12(4-6-13)20-17(23)16-9-28-10-21(16)18(24)14-7-2-11(19)8-15(14)22(25)26/h2-8,16H,9-10H2,1H3,(H,20,23). The topological polar surface area (TPSA) is 102 Å². The van der Waals surface area contributed by atoms with Crippen LogP contribution in [0, 0.1) is 10.1 Å². The number of methoxy groups -OCH3 is 1. The molecule has 1 fully saturated rings. The SMILES string of the molecule is COc1ccc(NC(=O)C2CSCN2C(=O)c2ccc(Cl)cc2[N+](=O)[O-])cc1. The molecule has 0 radical (unpaired) electrons. The highest BCUT2D eigenvalue weighted by molar-refractivity contribution is 7.99. The largest absolute Gasteiger partial charge is 0.497 e. The smallest absolute Gasteiger partial charge is 0.283 e. The number of amides is 2. The van der Waals surface area contributed by atoms with Crippen molar-refractivity contribution in [2.24, 2.45) is 0 Å². The van der Waals surface area contributed by atoms with E-state index < -0.39 is 16.9 Å². The molecule has 1 N–H and O–H groups in total. The van der Waals surface area contributed by atoms with Gasteiger partial charge in [-0.25, -0.2) is 0 Å². The fraction of sp³-hybridized carbons (Fsp3) is 0.222. The van der Waals surface area contributed by atoms with Crippen molar-refractivity contribution in [2.75, 3.05) is 24.1 Å². The second-order valence-corrected chi connectivity index (χ2v) is 7.36. The Bertz CT molecular complexity index is 922. The number of nitro benzene ring substituents is 1. The van der Waals surface area contributed by atoms with Gasteiger partial charge in [-0.3, -0.25) is 19.7 Å². The molecule has 1 aliphatic heterocycles. The monoisotopic (exact) mass is 421 g/mol. The van der Waals surface area contributed by atoms with Crippen LogP contribution in [0.4, 0.5) is 11.4 Å². The quantitative estimate of drug-likeness (QED) is 0.586. The lowest BCUT2D eigenvalue weighted by Crippen LogP contribution is -2.44. The molecule has 2 amide bonds. The van der Waals surface area contributed by atoms with Gasteiger partial charge >= 0.3 is 0 Å². The van der Waals surface area contributed by atoms with Crippen LogP contribution in [0.3, 0.4) is 0 Å². The van der Waals surface area contributed by atoms with Crippen LogP contribution in [0.5, 0.6) is 5.75 Å². The molecule has 0 bridgehead atoms. The van der Waals surface area contributed by atoms with E-state index in [2.05, 4.69) is 5.32 Å². The Morgan fingerprint density at radius 2 is 2.00 bits per heavy atom. The van der Waals surface area contributed by atoms with Gasteiger partial charge in [0.1, 0.15) is 17.4 Å². The Balaban J connectivity index is 1.79. The van der Waals surface area contributed by atoms with Gasteiger partial charge in [0.05, 0.1) is 17.9 Å². The second-order valence-electron chi connectivity index (χ2n) is 5.93. The fourth-order valence-corrected chi connectivity index (χ4v) is 4.07. The van der Waals surface area contributed by atoms with Gasteiger partial charge in [-0.2, -0.15) is 0 Å². The maximum absolute atomic E-state index is 12.9. The van der Waals surface area contributed by atoms with Gasteiger partial charge < -0.3 is 15.0 Å². The third kappa shape index (κ3) is 4.20. The number of nitro groups is 1. The summed E-state index contributed by atoms with van der Waals surface area (Å²) in [4.78, 5) is 37.5. The van der Waals surface area contributed by atoms with Gasteiger partial charge in [0.2, 0.25) is 5.91 Å². The number of nitrogens with zero attached hydrogens (tertiary/aromatic N) is 2. The number of nitrogens with one attached hydrogen (secondary N) is 1. The second kappa shape index (κ2) is 8.49. The van der Waals surface area contributed by atoms with Crippen molar-refractivity contribution in [2.45, 2.75) is 6.04 Å². The van der Waals surface area contributed by atoms with E-state index in [1.807, 2.05) is 0 Å². The van der Waals surface area contributed by atoms with E-state index in [1.165, 1.54) is 28.8 Å². The van der Waals surface area contributed by atoms with Crippen LogP contribution in [0.2, 0.25) is 5.02 Å². The normalized spacial score (nSPS) is 15.9. The molecule has 1 unspecified atom stereocenters. The van der Waals surface area contributed by atoms with Gasteiger partial charge in [0.25, 0.3) is 11.6 Å². The Morgan fingerprint density at radius 1 is 1.29 bits per heavy atom. The average Bonchev–Trinajstić information content (AvgIpc) is 3.18. The number of ether oxygens (including phenoxy) is 1. The van der Waals surface area contributed by atoms with Crippen molar-refractivity contribution in [3.63, 3.8) is 0 Å². The van der Waals surface area contributed by atoms with E-state index in [-0.39, 0.29) is 28.1 Å². The maximum Gasteiger partial charge on any atom is 0.283 e. The molecule has 0 aromatic heterocycles. The summed E-state index contributed by atoms with van der Waals surface area (Å²) < 4.78 is 5.08. The molecule has 10 heteroatoms. The zero-order chi connectivity index (χ0) is 20.3. The molecule has 0 aliphatic carbocycles. The molecule has 1 atom stereocenters. The van der Waals surface area contributed by atoms with E-state index >= 15 is 0 Å². The van der Waals surface area contributed by atoms with Crippen LogP contribution >= 0.6 is 23.4 Å². The molecule has 8 nitrogen and oxygen atoms in total. The molecule has 0 saturated carbocycles. The predicted octanol–water partition coefficient (Wildman–Crippen LogP) is 3.41. The first-order chi connectivity index (χ1) is 13.4. The molecule has 2 aromatic carbocycles. The van der Waals surface area contributed by atoms with Crippen molar-refractivity contribution in [3.8, 4) is 5.75 Å². The number of carbonyl (C=O) groups is 2. The Kier molecular flexibility index (Phi) is 6.05. The van der Waals surface area contributed by atoms with E-state index in [0.717, 1.165) is 6.07 Å². The first-order valence-electron chi connectivity index (χ1n) is 8.18. The van der Waals surface area contributed by atoms with Gasteiger partial charge in [-0.15, -0.1) is 11.8 Å². The van der Waals surface area contributed by atoms with Crippen LogP contribution < -0.4 is 10.1 Å². The maximum atomic E-state index is 12.9. The highest BCUT2D eigenvalue weighted by atomic mass is 35.5. The molecule has 1 heterocycles. The molecule has 2 aromatic rings. The van der Waals surface area contributed by atoms with Gasteiger partial charge in [0.15, 0.2) is 0 Å². The molecule has 1 aliphatic rings. The summed E-state index contributed by atoms with van der Waals surface area (Å²) in [5.41, 5.74) is 0.0791. The number of hydrogen-bond acceptors (Lipinski definition) is 6. The molecule has 3 rings (SSSR count). The first kappa shape index (κ1) is 20.0. The highest BCUT2D eigenvalue weighted by Crippen LogP contribution is 2.29. The molecular formula is C18H16ClN3O5S. The summed E-state index contributed by atoms with van der Waals surface area (Å²) in [6.45, 7) is 0. The molecule has 28 heavy (non-hydrogen) atoms. The lowest BCUT2D eigenvalue weighted by Gasteiger charge is -2.23. The molecule has 0 spiro atoms. The Labute approximate surface area is 169 Å². The third-order valence-corrected chi connectivity index (χ3v) is 5.44. The van der Waals surface area contributed by atoms with Crippen molar-refractivity contribution >= 4 is 46.6 Å². The number of anilines is 1. The van der Waals surface area contributed by atoms with Crippen molar-refractivity contribution < 1.29 is 19.2 Å². The lowest BCUT2D eigenvalue weighted by atomic mass is 10.1.